The SMILES string of the molecule is CCc1ccc([C@@H]2/C(=C(\O)c3ccc(OCc4cccc(C)c4)cc3)C(=O)C(=O)N2Cc2ccncc2)cc1. The van der Waals surface area contributed by atoms with Crippen molar-refractivity contribution in [2.45, 2.75) is 39.5 Å². The van der Waals surface area contributed by atoms with E-state index in [1.807, 2.05) is 61.5 Å². The van der Waals surface area contributed by atoms with Gasteiger partial charge < -0.3 is 14.7 Å². The molecule has 1 atom stereocenters. The van der Waals surface area contributed by atoms with Crippen molar-refractivity contribution >= 4 is 17.4 Å². The number of aryl methyl sites for hydroxylation is 2. The second kappa shape index (κ2) is 11.4. The van der Waals surface area contributed by atoms with E-state index in [0.717, 1.165) is 34.2 Å². The minimum Gasteiger partial charge on any atom is -0.507 e. The number of pyridine rings is 1. The van der Waals surface area contributed by atoms with E-state index in [1.165, 1.54) is 4.90 Å². The maximum Gasteiger partial charge on any atom is 0.295 e. The Morgan fingerprint density at radius 1 is 0.897 bits per heavy atom. The van der Waals surface area contributed by atoms with Gasteiger partial charge in [-0.25, -0.2) is 0 Å². The molecule has 5 rings (SSSR count). The summed E-state index contributed by atoms with van der Waals surface area (Å²) in [4.78, 5) is 32.2. The summed E-state index contributed by atoms with van der Waals surface area (Å²) in [6.07, 6.45) is 4.18. The van der Waals surface area contributed by atoms with Gasteiger partial charge in [0.25, 0.3) is 11.7 Å². The van der Waals surface area contributed by atoms with Crippen LogP contribution in [0.25, 0.3) is 5.76 Å². The average molecular weight is 519 g/mol. The number of carbonyl (C=O) groups is 2. The quantitative estimate of drug-likeness (QED) is 0.172. The Balaban J connectivity index is 1.47. The molecule has 1 saturated heterocycles. The number of benzene rings is 3. The van der Waals surface area contributed by atoms with Crippen LogP contribution in [0.2, 0.25) is 0 Å². The molecule has 0 saturated carbocycles. The fourth-order valence-corrected chi connectivity index (χ4v) is 4.84. The van der Waals surface area contributed by atoms with Crippen LogP contribution in [-0.4, -0.2) is 26.7 Å². The van der Waals surface area contributed by atoms with Crippen LogP contribution >= 0.6 is 0 Å². The van der Waals surface area contributed by atoms with E-state index in [-0.39, 0.29) is 17.9 Å². The van der Waals surface area contributed by atoms with Gasteiger partial charge in [-0.15, -0.1) is 0 Å². The van der Waals surface area contributed by atoms with Crippen molar-refractivity contribution in [2.24, 2.45) is 0 Å². The zero-order valence-electron chi connectivity index (χ0n) is 22.0. The molecule has 39 heavy (non-hydrogen) atoms. The molecule has 1 aliphatic rings. The monoisotopic (exact) mass is 518 g/mol. The van der Waals surface area contributed by atoms with Crippen molar-refractivity contribution in [3.8, 4) is 5.75 Å². The van der Waals surface area contributed by atoms with E-state index >= 15 is 0 Å². The van der Waals surface area contributed by atoms with Crippen molar-refractivity contribution < 1.29 is 19.4 Å². The number of rotatable bonds is 8. The van der Waals surface area contributed by atoms with Gasteiger partial charge >= 0.3 is 0 Å². The maximum atomic E-state index is 13.3. The minimum absolute atomic E-state index is 0.0757. The molecule has 196 valence electrons. The number of ketones is 1. The number of aliphatic hydroxyl groups is 1. The highest BCUT2D eigenvalue weighted by Crippen LogP contribution is 2.40. The van der Waals surface area contributed by atoms with E-state index in [4.69, 9.17) is 4.74 Å². The van der Waals surface area contributed by atoms with Crippen LogP contribution < -0.4 is 4.74 Å². The molecule has 1 fully saturated rings. The number of amides is 1. The van der Waals surface area contributed by atoms with Crippen LogP contribution in [-0.2, 0) is 29.2 Å². The summed E-state index contributed by atoms with van der Waals surface area (Å²) < 4.78 is 5.91. The number of Topliss-reactive ketones (excluding diaryl/α,β-unsaturated/α-hetero) is 1. The van der Waals surface area contributed by atoms with Gasteiger partial charge in [-0.05, 0) is 72.0 Å². The zero-order chi connectivity index (χ0) is 27.4. The lowest BCUT2D eigenvalue weighted by Gasteiger charge is -2.25. The number of carbonyl (C=O) groups excluding carboxylic acids is 2. The lowest BCUT2D eigenvalue weighted by molar-refractivity contribution is -0.140. The van der Waals surface area contributed by atoms with E-state index in [0.29, 0.717) is 17.9 Å². The number of aliphatic hydroxyl groups excluding tert-OH is 1. The molecule has 1 aliphatic heterocycles. The van der Waals surface area contributed by atoms with E-state index in [9.17, 15) is 14.7 Å². The Morgan fingerprint density at radius 3 is 2.28 bits per heavy atom. The molecular formula is C33H30N2O4. The van der Waals surface area contributed by atoms with Gasteiger partial charge in [-0.1, -0.05) is 61.0 Å². The number of aromatic nitrogens is 1. The van der Waals surface area contributed by atoms with Gasteiger partial charge in [-0.2, -0.15) is 0 Å². The fourth-order valence-electron chi connectivity index (χ4n) is 4.84. The third-order valence-electron chi connectivity index (χ3n) is 6.96. The number of hydrogen-bond acceptors (Lipinski definition) is 5. The lowest BCUT2D eigenvalue weighted by Crippen LogP contribution is -2.29. The highest BCUT2D eigenvalue weighted by molar-refractivity contribution is 6.46. The van der Waals surface area contributed by atoms with Crippen molar-refractivity contribution in [1.29, 1.82) is 0 Å². The summed E-state index contributed by atoms with van der Waals surface area (Å²) >= 11 is 0. The summed E-state index contributed by atoms with van der Waals surface area (Å²) in [5, 5.41) is 11.4. The number of nitrogens with zero attached hydrogens (tertiary/aromatic N) is 2. The topological polar surface area (TPSA) is 79.7 Å². The molecule has 0 radical (unpaired) electrons. The van der Waals surface area contributed by atoms with Crippen LogP contribution in [0.3, 0.4) is 0 Å². The van der Waals surface area contributed by atoms with Gasteiger partial charge in [-0.3, -0.25) is 14.6 Å². The number of ether oxygens (including phenoxy) is 1. The summed E-state index contributed by atoms with van der Waals surface area (Å²) in [7, 11) is 0. The Hall–Kier alpha value is -4.71. The molecule has 0 aliphatic carbocycles. The molecule has 4 aromatic rings. The minimum atomic E-state index is -0.721. The molecule has 1 aromatic heterocycles. The van der Waals surface area contributed by atoms with Crippen molar-refractivity contribution in [3.63, 3.8) is 0 Å². The standard InChI is InChI=1S/C33H30N2O4/c1-3-23-7-9-26(10-8-23)30-29(32(37)33(38)35(30)20-24-15-17-34-18-16-24)31(36)27-11-13-28(14-12-27)39-21-25-6-4-5-22(2)19-25/h4-19,30,36H,3,20-21H2,1-2H3/b31-29+/t30-/m1/s1. The maximum absolute atomic E-state index is 13.3. The van der Waals surface area contributed by atoms with Crippen LogP contribution in [0.4, 0.5) is 0 Å². The molecular weight excluding hydrogens is 488 g/mol. The van der Waals surface area contributed by atoms with Gasteiger partial charge in [0.15, 0.2) is 0 Å². The molecule has 1 N–H and O–H groups in total. The first-order valence-corrected chi connectivity index (χ1v) is 13.0. The fraction of sp³-hybridized carbons (Fsp3) is 0.182. The number of hydrogen-bond donors (Lipinski definition) is 1. The molecule has 0 unspecified atom stereocenters. The second-order valence-electron chi connectivity index (χ2n) is 9.68. The molecule has 3 aromatic carbocycles. The van der Waals surface area contributed by atoms with Gasteiger partial charge in [0.2, 0.25) is 0 Å². The summed E-state index contributed by atoms with van der Waals surface area (Å²) in [6, 6.07) is 25.7. The third-order valence-corrected chi connectivity index (χ3v) is 6.96. The molecule has 0 spiro atoms. The molecule has 6 nitrogen and oxygen atoms in total. The van der Waals surface area contributed by atoms with Gasteiger partial charge in [0, 0.05) is 24.5 Å². The van der Waals surface area contributed by atoms with Crippen LogP contribution in [0.5, 0.6) is 5.75 Å². The van der Waals surface area contributed by atoms with E-state index in [2.05, 4.69) is 18.0 Å². The predicted molar refractivity (Wildman–Crippen MR) is 150 cm³/mol. The van der Waals surface area contributed by atoms with Crippen LogP contribution in [0.1, 0.15) is 46.3 Å². The molecule has 0 bridgehead atoms. The first-order chi connectivity index (χ1) is 18.9. The molecule has 6 heteroatoms. The summed E-state index contributed by atoms with van der Waals surface area (Å²) in [5.74, 6) is -0.916. The van der Waals surface area contributed by atoms with Crippen molar-refractivity contribution in [1.82, 2.24) is 9.88 Å². The Kier molecular flexibility index (Phi) is 7.55. The van der Waals surface area contributed by atoms with Crippen LogP contribution in [0, 0.1) is 6.92 Å². The lowest BCUT2D eigenvalue weighted by atomic mass is 9.94. The largest absolute Gasteiger partial charge is 0.507 e. The van der Waals surface area contributed by atoms with Crippen molar-refractivity contribution in [3.05, 3.63) is 136 Å². The normalized spacial score (nSPS) is 16.5. The van der Waals surface area contributed by atoms with E-state index in [1.54, 1.807) is 36.7 Å². The van der Waals surface area contributed by atoms with E-state index < -0.39 is 17.7 Å². The molecule has 1 amide bonds. The van der Waals surface area contributed by atoms with Crippen LogP contribution in [0.15, 0.2) is 103 Å². The first kappa shape index (κ1) is 25.9. The Morgan fingerprint density at radius 2 is 1.62 bits per heavy atom. The van der Waals surface area contributed by atoms with Gasteiger partial charge in [0.1, 0.15) is 18.1 Å². The average Bonchev–Trinajstić information content (AvgIpc) is 3.21. The second-order valence-corrected chi connectivity index (χ2v) is 9.68. The highest BCUT2D eigenvalue weighted by Gasteiger charge is 2.46. The Labute approximate surface area is 228 Å². The first-order valence-electron chi connectivity index (χ1n) is 13.0. The smallest absolute Gasteiger partial charge is 0.295 e. The van der Waals surface area contributed by atoms with Crippen molar-refractivity contribution in [2.75, 3.05) is 0 Å². The number of likely N-dealkylation sites (tertiary alicyclic amines) is 1. The third kappa shape index (κ3) is 5.60. The molecule has 2 heterocycles. The summed E-state index contributed by atoms with van der Waals surface area (Å²) in [5.41, 5.74) is 5.49. The predicted octanol–water partition coefficient (Wildman–Crippen LogP) is 6.15. The highest BCUT2D eigenvalue weighted by atomic mass is 16.5. The Bertz CT molecular complexity index is 1510. The van der Waals surface area contributed by atoms with Gasteiger partial charge in [0.05, 0.1) is 11.6 Å². The zero-order valence-corrected chi connectivity index (χ0v) is 22.0. The summed E-state index contributed by atoms with van der Waals surface area (Å²) in [6.45, 7) is 4.74.